The Morgan fingerprint density at radius 2 is 2.42 bits per heavy atom. The predicted molar refractivity (Wildman–Crippen MR) is 74.4 cm³/mol. The molecule has 0 aliphatic rings. The molecule has 0 aliphatic heterocycles. The molecule has 3 rings (SSSR count). The average Bonchev–Trinajstić information content (AvgIpc) is 3.06. The molecule has 0 radical (unpaired) electrons. The lowest BCUT2D eigenvalue weighted by molar-refractivity contribution is -0.144. The van der Waals surface area contributed by atoms with Crippen LogP contribution in [0, 0.1) is 6.92 Å². The fourth-order valence-electron chi connectivity index (χ4n) is 1.78. The van der Waals surface area contributed by atoms with Crippen LogP contribution in [-0.4, -0.2) is 11.0 Å². The summed E-state index contributed by atoms with van der Waals surface area (Å²) >= 11 is 3.38. The van der Waals surface area contributed by atoms with Crippen LogP contribution in [0.3, 0.4) is 0 Å². The summed E-state index contributed by atoms with van der Waals surface area (Å²) in [6.07, 6.45) is 3.16. The number of rotatable bonds is 4. The first kappa shape index (κ1) is 12.4. The Morgan fingerprint density at radius 3 is 3.21 bits per heavy atom. The molecule has 4 nitrogen and oxygen atoms in total. The van der Waals surface area contributed by atoms with Crippen LogP contribution in [0.15, 0.2) is 28.5 Å². The number of ether oxygens (including phenoxy) is 1. The highest BCUT2D eigenvalue weighted by Gasteiger charge is 2.12. The van der Waals surface area contributed by atoms with E-state index in [-0.39, 0.29) is 12.6 Å². The molecule has 0 aliphatic carbocycles. The van der Waals surface area contributed by atoms with Crippen molar-refractivity contribution < 1.29 is 13.9 Å². The fourth-order valence-corrected chi connectivity index (χ4v) is 4.08. The maximum atomic E-state index is 11.8. The van der Waals surface area contributed by atoms with Gasteiger partial charge in [-0.15, -0.1) is 22.7 Å². The molecule has 0 saturated carbocycles. The summed E-state index contributed by atoms with van der Waals surface area (Å²) in [6, 6.07) is 2.15. The van der Waals surface area contributed by atoms with Crippen molar-refractivity contribution in [2.75, 3.05) is 0 Å². The van der Waals surface area contributed by atoms with Crippen LogP contribution in [0.4, 0.5) is 0 Å². The van der Waals surface area contributed by atoms with Crippen molar-refractivity contribution in [1.82, 2.24) is 4.98 Å². The largest absolute Gasteiger partial charge is 0.457 e. The van der Waals surface area contributed by atoms with E-state index >= 15 is 0 Å². The van der Waals surface area contributed by atoms with Gasteiger partial charge in [0, 0.05) is 14.3 Å². The van der Waals surface area contributed by atoms with Crippen LogP contribution in [0.25, 0.3) is 9.40 Å². The molecule has 3 aromatic rings. The third-order valence-electron chi connectivity index (χ3n) is 2.63. The van der Waals surface area contributed by atoms with Crippen molar-refractivity contribution >= 4 is 38.0 Å². The number of carbonyl (C=O) groups is 1. The summed E-state index contributed by atoms with van der Waals surface area (Å²) in [7, 11) is 0. The van der Waals surface area contributed by atoms with Gasteiger partial charge < -0.3 is 9.15 Å². The van der Waals surface area contributed by atoms with Gasteiger partial charge in [0.1, 0.15) is 0 Å². The topological polar surface area (TPSA) is 52.3 Å². The van der Waals surface area contributed by atoms with E-state index in [1.54, 1.807) is 28.9 Å². The second kappa shape index (κ2) is 5.14. The first-order valence-electron chi connectivity index (χ1n) is 5.72. The van der Waals surface area contributed by atoms with E-state index in [4.69, 9.17) is 9.15 Å². The molecule has 0 amide bonds. The smallest absolute Gasteiger partial charge is 0.310 e. The average molecular weight is 293 g/mol. The molecule has 19 heavy (non-hydrogen) atoms. The molecule has 0 saturated heterocycles. The molecule has 6 heteroatoms. The van der Waals surface area contributed by atoms with E-state index in [1.165, 1.54) is 20.7 Å². The molecule has 0 atom stereocenters. The highest BCUT2D eigenvalue weighted by Crippen LogP contribution is 2.33. The van der Waals surface area contributed by atoms with Crippen LogP contribution < -0.4 is 0 Å². The number of oxazole rings is 1. The van der Waals surface area contributed by atoms with Gasteiger partial charge in [-0.3, -0.25) is 4.79 Å². The third-order valence-corrected chi connectivity index (χ3v) is 4.87. The van der Waals surface area contributed by atoms with Crippen molar-refractivity contribution in [2.45, 2.75) is 20.0 Å². The van der Waals surface area contributed by atoms with Crippen LogP contribution in [0.2, 0.25) is 0 Å². The van der Waals surface area contributed by atoms with Gasteiger partial charge in [-0.05, 0) is 23.9 Å². The van der Waals surface area contributed by atoms with Gasteiger partial charge in [0.2, 0.25) is 0 Å². The highest BCUT2D eigenvalue weighted by molar-refractivity contribution is 7.27. The number of carbonyl (C=O) groups excluding carboxylic acids is 1. The Kier molecular flexibility index (Phi) is 3.35. The maximum Gasteiger partial charge on any atom is 0.310 e. The molecule has 0 N–H and O–H groups in total. The lowest BCUT2D eigenvalue weighted by atomic mass is 10.2. The van der Waals surface area contributed by atoms with Gasteiger partial charge in [0.15, 0.2) is 18.8 Å². The summed E-state index contributed by atoms with van der Waals surface area (Å²) in [5.41, 5.74) is 1.04. The Balaban J connectivity index is 1.65. The molecule has 98 valence electrons. The minimum absolute atomic E-state index is 0.135. The molecule has 0 bridgehead atoms. The van der Waals surface area contributed by atoms with Crippen LogP contribution >= 0.6 is 22.7 Å². The number of esters is 1. The molecule has 3 aromatic heterocycles. The summed E-state index contributed by atoms with van der Waals surface area (Å²) in [5, 5.41) is 2.02. The number of thiophene rings is 2. The maximum absolute atomic E-state index is 11.8. The van der Waals surface area contributed by atoms with E-state index in [1.807, 2.05) is 5.38 Å². The number of fused-ring (bicyclic) bond motifs is 1. The SMILES string of the molecule is Cc1cc2scc(CC(=O)OCc3cnco3)c2s1. The first-order valence-corrected chi connectivity index (χ1v) is 7.41. The van der Waals surface area contributed by atoms with Gasteiger partial charge in [-0.1, -0.05) is 0 Å². The van der Waals surface area contributed by atoms with Crippen molar-refractivity contribution in [1.29, 1.82) is 0 Å². The van der Waals surface area contributed by atoms with Gasteiger partial charge >= 0.3 is 5.97 Å². The Morgan fingerprint density at radius 1 is 1.53 bits per heavy atom. The van der Waals surface area contributed by atoms with Gasteiger partial charge in [-0.2, -0.15) is 0 Å². The van der Waals surface area contributed by atoms with E-state index in [9.17, 15) is 4.79 Å². The van der Waals surface area contributed by atoms with E-state index in [0.717, 1.165) is 5.56 Å². The molecule has 0 aromatic carbocycles. The molecular weight excluding hydrogens is 282 g/mol. The number of hydrogen-bond acceptors (Lipinski definition) is 6. The zero-order chi connectivity index (χ0) is 13.2. The van der Waals surface area contributed by atoms with E-state index in [2.05, 4.69) is 18.0 Å². The zero-order valence-electron chi connectivity index (χ0n) is 10.2. The van der Waals surface area contributed by atoms with Gasteiger partial charge in [0.05, 0.1) is 12.6 Å². The fraction of sp³-hybridized carbons (Fsp3) is 0.231. The first-order chi connectivity index (χ1) is 9.22. The summed E-state index contributed by atoms with van der Waals surface area (Å²) < 4.78 is 12.6. The van der Waals surface area contributed by atoms with Crippen LogP contribution in [0.1, 0.15) is 16.2 Å². The Hall–Kier alpha value is -1.66. The summed E-state index contributed by atoms with van der Waals surface area (Å²) in [4.78, 5) is 16.8. The third kappa shape index (κ3) is 2.69. The molecule has 3 heterocycles. The van der Waals surface area contributed by atoms with Crippen LogP contribution in [-0.2, 0) is 22.6 Å². The van der Waals surface area contributed by atoms with Crippen molar-refractivity contribution in [3.8, 4) is 0 Å². The number of aromatic nitrogens is 1. The molecular formula is C13H11NO3S2. The number of aryl methyl sites for hydroxylation is 1. The standard InChI is InChI=1S/C13H11NO3S2/c1-8-2-11-13(19-8)9(6-18-11)3-12(15)16-5-10-4-14-7-17-10/h2,4,6-7H,3,5H2,1H3. The summed E-state index contributed by atoms with van der Waals surface area (Å²) in [5.74, 6) is 0.304. The molecule has 0 spiro atoms. The minimum atomic E-state index is -0.248. The number of hydrogen-bond donors (Lipinski definition) is 0. The van der Waals surface area contributed by atoms with Crippen molar-refractivity contribution in [3.63, 3.8) is 0 Å². The quantitative estimate of drug-likeness (QED) is 0.690. The lowest BCUT2D eigenvalue weighted by Gasteiger charge is -2.01. The number of nitrogens with zero attached hydrogens (tertiary/aromatic N) is 1. The van der Waals surface area contributed by atoms with Crippen LogP contribution in [0.5, 0.6) is 0 Å². The highest BCUT2D eigenvalue weighted by atomic mass is 32.1. The predicted octanol–water partition coefficient (Wildman–Crippen LogP) is 3.55. The normalized spacial score (nSPS) is 11.0. The second-order valence-corrected chi connectivity index (χ2v) is 6.28. The minimum Gasteiger partial charge on any atom is -0.457 e. The van der Waals surface area contributed by atoms with Gasteiger partial charge in [0.25, 0.3) is 0 Å². The summed E-state index contributed by atoms with van der Waals surface area (Å²) in [6.45, 7) is 2.21. The Bertz CT molecular complexity index is 697. The monoisotopic (exact) mass is 293 g/mol. The second-order valence-electron chi connectivity index (χ2n) is 4.12. The van der Waals surface area contributed by atoms with Crippen molar-refractivity contribution in [2.24, 2.45) is 0 Å². The van der Waals surface area contributed by atoms with Crippen molar-refractivity contribution in [3.05, 3.63) is 40.2 Å². The van der Waals surface area contributed by atoms with Gasteiger partial charge in [-0.25, -0.2) is 4.98 Å². The lowest BCUT2D eigenvalue weighted by Crippen LogP contribution is -2.07. The van der Waals surface area contributed by atoms with E-state index in [0.29, 0.717) is 12.2 Å². The zero-order valence-corrected chi connectivity index (χ0v) is 11.8. The van der Waals surface area contributed by atoms with E-state index < -0.39 is 0 Å². The Labute approximate surface area is 117 Å². The molecule has 0 fully saturated rings. The molecule has 0 unspecified atom stereocenters.